The second-order valence-corrected chi connectivity index (χ2v) is 9.95. The molecule has 1 aliphatic rings. The highest BCUT2D eigenvalue weighted by Gasteiger charge is 2.27. The number of nitrogens with one attached hydrogen (secondary N) is 2. The average Bonchev–Trinajstić information content (AvgIpc) is 3.11. The number of hydrogen-bond acceptors (Lipinski definition) is 8. The Hall–Kier alpha value is -3.63. The minimum Gasteiger partial charge on any atom is -0.444 e. The number of aromatic nitrogens is 4. The van der Waals surface area contributed by atoms with Crippen molar-refractivity contribution in [3.05, 3.63) is 24.0 Å². The second-order valence-electron chi connectivity index (χ2n) is 9.95. The molecular weight excluding hydrogens is 439 g/mol. The third-order valence-corrected chi connectivity index (χ3v) is 5.67. The molecule has 0 aliphatic carbocycles. The van der Waals surface area contributed by atoms with E-state index in [4.69, 9.17) is 16.2 Å². The third kappa shape index (κ3) is 5.29. The van der Waals surface area contributed by atoms with Crippen LogP contribution in [-0.4, -0.2) is 51.5 Å². The fraction of sp³-hybridized carbons (Fsp3) is 0.478. The normalized spacial score (nSPS) is 18.8. The number of anilines is 3. The molecule has 10 nitrogen and oxygen atoms in total. The maximum atomic E-state index is 14.7. The van der Waals surface area contributed by atoms with E-state index in [0.717, 1.165) is 13.0 Å². The minimum atomic E-state index is -0.546. The molecule has 2 aromatic heterocycles. The van der Waals surface area contributed by atoms with Gasteiger partial charge in [-0.1, -0.05) is 6.92 Å². The quantitative estimate of drug-likeness (QED) is 0.454. The monoisotopic (exact) mass is 470 g/mol. The summed E-state index contributed by atoms with van der Waals surface area (Å²) in [5.41, 5.74) is 12.7. The van der Waals surface area contributed by atoms with Crippen molar-refractivity contribution in [2.24, 2.45) is 11.8 Å². The fourth-order valence-corrected chi connectivity index (χ4v) is 4.40. The van der Waals surface area contributed by atoms with Crippen LogP contribution in [0, 0.1) is 17.7 Å². The molecule has 0 radical (unpaired) electrons. The van der Waals surface area contributed by atoms with Crippen LogP contribution in [0.3, 0.4) is 0 Å². The van der Waals surface area contributed by atoms with E-state index >= 15 is 0 Å². The summed E-state index contributed by atoms with van der Waals surface area (Å²) in [6.45, 7) is 9.61. The fourth-order valence-electron chi connectivity index (χ4n) is 4.40. The molecule has 0 saturated carbocycles. The topological polar surface area (TPSA) is 148 Å². The molecule has 2 atom stereocenters. The van der Waals surface area contributed by atoms with Gasteiger partial charge in [0.2, 0.25) is 5.95 Å². The molecule has 34 heavy (non-hydrogen) atoms. The molecule has 1 amide bonds. The van der Waals surface area contributed by atoms with Gasteiger partial charge in [0.15, 0.2) is 5.82 Å². The number of hydrogen-bond donors (Lipinski definition) is 4. The highest BCUT2D eigenvalue weighted by Crippen LogP contribution is 2.31. The maximum Gasteiger partial charge on any atom is 0.407 e. The number of fused-ring (bicyclic) bond motifs is 1. The number of nitrogen functional groups attached to an aromatic ring is 2. The smallest absolute Gasteiger partial charge is 0.407 e. The SMILES string of the molecule is C[C@@H]1C[C@H](CNC(=O)OC(C)(C)C)CN(c2cc(-c3cc(F)c4c(N)n[nH]c4c3)nc(N)n2)C1. The van der Waals surface area contributed by atoms with Crippen molar-refractivity contribution in [2.75, 3.05) is 36.0 Å². The number of carbonyl (C=O) groups is 1. The first-order valence-electron chi connectivity index (χ1n) is 11.3. The van der Waals surface area contributed by atoms with E-state index in [1.54, 1.807) is 12.1 Å². The van der Waals surface area contributed by atoms with Crippen molar-refractivity contribution < 1.29 is 13.9 Å². The van der Waals surface area contributed by atoms with Gasteiger partial charge in [-0.2, -0.15) is 10.1 Å². The van der Waals surface area contributed by atoms with Gasteiger partial charge in [0.1, 0.15) is 17.2 Å². The molecule has 1 aliphatic heterocycles. The Bertz CT molecular complexity index is 1210. The van der Waals surface area contributed by atoms with Crippen LogP contribution in [0.4, 0.5) is 26.8 Å². The molecule has 6 N–H and O–H groups in total. The summed E-state index contributed by atoms with van der Waals surface area (Å²) in [6, 6.07) is 4.90. The van der Waals surface area contributed by atoms with Gasteiger partial charge in [-0.25, -0.2) is 14.2 Å². The van der Waals surface area contributed by atoms with Crippen LogP contribution in [0.2, 0.25) is 0 Å². The van der Waals surface area contributed by atoms with Crippen LogP contribution >= 0.6 is 0 Å². The van der Waals surface area contributed by atoms with E-state index in [2.05, 4.69) is 37.3 Å². The van der Waals surface area contributed by atoms with Crippen LogP contribution in [0.15, 0.2) is 18.2 Å². The van der Waals surface area contributed by atoms with Crippen molar-refractivity contribution in [2.45, 2.75) is 39.7 Å². The van der Waals surface area contributed by atoms with Crippen LogP contribution in [0.25, 0.3) is 22.2 Å². The largest absolute Gasteiger partial charge is 0.444 e. The van der Waals surface area contributed by atoms with Gasteiger partial charge in [-0.3, -0.25) is 5.10 Å². The summed E-state index contributed by atoms with van der Waals surface area (Å²) >= 11 is 0. The van der Waals surface area contributed by atoms with Crippen molar-refractivity contribution >= 4 is 34.6 Å². The Labute approximate surface area is 197 Å². The number of piperidine rings is 1. The van der Waals surface area contributed by atoms with E-state index < -0.39 is 17.5 Å². The van der Waals surface area contributed by atoms with Crippen molar-refractivity contribution in [1.82, 2.24) is 25.5 Å². The van der Waals surface area contributed by atoms with E-state index in [0.29, 0.717) is 41.6 Å². The summed E-state index contributed by atoms with van der Waals surface area (Å²) in [5, 5.41) is 9.72. The molecule has 4 rings (SSSR count). The summed E-state index contributed by atoms with van der Waals surface area (Å²) in [7, 11) is 0. The summed E-state index contributed by atoms with van der Waals surface area (Å²) in [5.74, 6) is 0.950. The molecule has 1 aromatic carbocycles. The van der Waals surface area contributed by atoms with Gasteiger partial charge >= 0.3 is 6.09 Å². The number of halogens is 1. The number of nitrogens with zero attached hydrogens (tertiary/aromatic N) is 4. The number of benzene rings is 1. The van der Waals surface area contributed by atoms with Gasteiger partial charge in [0, 0.05) is 31.3 Å². The average molecular weight is 471 g/mol. The van der Waals surface area contributed by atoms with Gasteiger partial charge in [-0.05, 0) is 51.2 Å². The lowest BCUT2D eigenvalue weighted by molar-refractivity contribution is 0.0516. The first-order valence-corrected chi connectivity index (χ1v) is 11.3. The summed E-state index contributed by atoms with van der Waals surface area (Å²) in [6.07, 6.45) is 0.533. The predicted molar refractivity (Wildman–Crippen MR) is 130 cm³/mol. The number of rotatable bonds is 4. The van der Waals surface area contributed by atoms with E-state index in [-0.39, 0.29) is 23.1 Å². The van der Waals surface area contributed by atoms with Crippen LogP contribution < -0.4 is 21.7 Å². The van der Waals surface area contributed by atoms with Crippen molar-refractivity contribution in [3.8, 4) is 11.3 Å². The summed E-state index contributed by atoms with van der Waals surface area (Å²) < 4.78 is 20.0. The van der Waals surface area contributed by atoms with Crippen molar-refractivity contribution in [1.29, 1.82) is 0 Å². The Morgan fingerprint density at radius 2 is 2.03 bits per heavy atom. The molecule has 11 heteroatoms. The molecule has 182 valence electrons. The van der Waals surface area contributed by atoms with Gasteiger partial charge in [0.05, 0.1) is 16.6 Å². The zero-order valence-corrected chi connectivity index (χ0v) is 19.9. The lowest BCUT2D eigenvalue weighted by Gasteiger charge is -2.37. The molecule has 0 unspecified atom stereocenters. The molecule has 0 bridgehead atoms. The molecule has 3 aromatic rings. The van der Waals surface area contributed by atoms with E-state index in [1.807, 2.05) is 20.8 Å². The number of alkyl carbamates (subject to hydrolysis) is 1. The van der Waals surface area contributed by atoms with Gasteiger partial charge < -0.3 is 26.4 Å². The molecule has 1 saturated heterocycles. The Kier molecular flexibility index (Phi) is 6.20. The minimum absolute atomic E-state index is 0.0961. The third-order valence-electron chi connectivity index (χ3n) is 5.67. The van der Waals surface area contributed by atoms with Gasteiger partial charge in [0.25, 0.3) is 0 Å². The second kappa shape index (κ2) is 8.96. The number of ether oxygens (including phenoxy) is 1. The molecule has 1 fully saturated rings. The van der Waals surface area contributed by atoms with Gasteiger partial charge in [-0.15, -0.1) is 0 Å². The van der Waals surface area contributed by atoms with Crippen molar-refractivity contribution in [3.63, 3.8) is 0 Å². The lowest BCUT2D eigenvalue weighted by Crippen LogP contribution is -2.45. The molecule has 3 heterocycles. The first-order chi connectivity index (χ1) is 16.0. The van der Waals surface area contributed by atoms with Crippen LogP contribution in [-0.2, 0) is 4.74 Å². The number of H-pyrrole nitrogens is 1. The number of nitrogens with two attached hydrogens (primary N) is 2. The highest BCUT2D eigenvalue weighted by atomic mass is 19.1. The first kappa shape index (κ1) is 23.5. The van der Waals surface area contributed by atoms with E-state index in [9.17, 15) is 9.18 Å². The number of amides is 1. The molecular formula is C23H31FN8O2. The number of carbonyl (C=O) groups excluding carboxylic acids is 1. The Morgan fingerprint density at radius 1 is 1.26 bits per heavy atom. The Balaban J connectivity index is 1.54. The van der Waals surface area contributed by atoms with Crippen LogP contribution in [0.1, 0.15) is 34.1 Å². The summed E-state index contributed by atoms with van der Waals surface area (Å²) in [4.78, 5) is 22.9. The number of aromatic amines is 1. The lowest BCUT2D eigenvalue weighted by atomic mass is 9.90. The standard InChI is InChI=1S/C23H31FN8O2/c1-12-5-13(9-27-22(33)34-23(2,3)4)11-32(10-12)18-8-16(28-21(26)29-18)14-6-15(24)19-17(7-14)30-31-20(19)25/h6-8,12-13H,5,9-11H2,1-4H3,(H,27,33)(H3,25,30,31)(H2,26,28,29)/t12-,13-/m1/s1. The maximum absolute atomic E-state index is 14.7. The zero-order chi connectivity index (χ0) is 24.6. The van der Waals surface area contributed by atoms with E-state index in [1.165, 1.54) is 6.07 Å². The predicted octanol–water partition coefficient (Wildman–Crippen LogP) is 3.31. The zero-order valence-electron chi connectivity index (χ0n) is 19.9. The molecule has 0 spiro atoms. The van der Waals surface area contributed by atoms with Crippen LogP contribution in [0.5, 0.6) is 0 Å². The Morgan fingerprint density at radius 3 is 2.76 bits per heavy atom. The highest BCUT2D eigenvalue weighted by molar-refractivity contribution is 5.92.